The summed E-state index contributed by atoms with van der Waals surface area (Å²) in [5, 5.41) is 14.2. The highest BCUT2D eigenvalue weighted by Gasteiger charge is 2.12. The molecule has 0 atom stereocenters. The molecule has 108 valence electrons. The summed E-state index contributed by atoms with van der Waals surface area (Å²) in [6.45, 7) is 2.42. The van der Waals surface area contributed by atoms with Crippen molar-refractivity contribution < 1.29 is 9.21 Å². The number of carbonyl (C=O) groups is 1. The molecule has 3 aromatic rings. The normalized spacial score (nSPS) is 10.7. The highest BCUT2D eigenvalue weighted by Crippen LogP contribution is 2.27. The van der Waals surface area contributed by atoms with Crippen LogP contribution in [0.2, 0.25) is 0 Å². The Bertz CT molecular complexity index is 719. The average molecular weight is 304 g/mol. The molecule has 0 aliphatic rings. The topological polar surface area (TPSA) is 98.7 Å². The predicted octanol–water partition coefficient (Wildman–Crippen LogP) is 1.01. The van der Waals surface area contributed by atoms with E-state index in [-0.39, 0.29) is 12.5 Å². The van der Waals surface area contributed by atoms with Gasteiger partial charge in [0.2, 0.25) is 5.91 Å². The van der Waals surface area contributed by atoms with E-state index in [9.17, 15) is 4.79 Å². The average Bonchev–Trinajstić information content (AvgIpc) is 3.17. The van der Waals surface area contributed by atoms with Gasteiger partial charge < -0.3 is 9.73 Å². The van der Waals surface area contributed by atoms with Gasteiger partial charge in [-0.2, -0.15) is 0 Å². The number of rotatable bonds is 5. The SMILES string of the molecule is Cc1nc(-c2ccco2)sc1CNC(=O)Cn1cnnn1. The van der Waals surface area contributed by atoms with Crippen molar-refractivity contribution >= 4 is 17.2 Å². The molecule has 0 saturated carbocycles. The van der Waals surface area contributed by atoms with E-state index in [0.29, 0.717) is 6.54 Å². The van der Waals surface area contributed by atoms with E-state index in [1.54, 1.807) is 6.26 Å². The minimum atomic E-state index is -0.158. The summed E-state index contributed by atoms with van der Waals surface area (Å²) in [5.41, 5.74) is 0.883. The van der Waals surface area contributed by atoms with Gasteiger partial charge in [0.1, 0.15) is 12.9 Å². The van der Waals surface area contributed by atoms with Gasteiger partial charge in [-0.05, 0) is 29.5 Å². The molecule has 0 bridgehead atoms. The quantitative estimate of drug-likeness (QED) is 0.755. The molecule has 1 N–H and O–H groups in total. The maximum Gasteiger partial charge on any atom is 0.242 e. The molecule has 0 aromatic carbocycles. The molecule has 0 aliphatic heterocycles. The predicted molar refractivity (Wildman–Crippen MR) is 74.2 cm³/mol. The number of tetrazole rings is 1. The van der Waals surface area contributed by atoms with Crippen LogP contribution in [-0.2, 0) is 17.9 Å². The minimum absolute atomic E-state index is 0.0931. The smallest absolute Gasteiger partial charge is 0.242 e. The van der Waals surface area contributed by atoms with Gasteiger partial charge in [-0.15, -0.1) is 16.4 Å². The van der Waals surface area contributed by atoms with Crippen LogP contribution in [0.1, 0.15) is 10.6 Å². The molecule has 8 nitrogen and oxygen atoms in total. The third-order valence-electron chi connectivity index (χ3n) is 2.77. The number of hydrogen-bond acceptors (Lipinski definition) is 7. The number of amides is 1. The number of hydrogen-bond donors (Lipinski definition) is 1. The summed E-state index contributed by atoms with van der Waals surface area (Å²) < 4.78 is 6.68. The number of furan rings is 1. The third kappa shape index (κ3) is 3.14. The van der Waals surface area contributed by atoms with Crippen LogP contribution in [0.15, 0.2) is 29.1 Å². The summed E-state index contributed by atoms with van der Waals surface area (Å²) in [6.07, 6.45) is 3.01. The summed E-state index contributed by atoms with van der Waals surface area (Å²) in [6, 6.07) is 3.68. The Labute approximate surface area is 123 Å². The lowest BCUT2D eigenvalue weighted by Crippen LogP contribution is -2.27. The fourth-order valence-electron chi connectivity index (χ4n) is 1.73. The fourth-order valence-corrected chi connectivity index (χ4v) is 2.70. The molecule has 9 heteroatoms. The second-order valence-electron chi connectivity index (χ2n) is 4.29. The Hall–Kier alpha value is -2.55. The molecular weight excluding hydrogens is 292 g/mol. The number of aromatic nitrogens is 5. The van der Waals surface area contributed by atoms with Gasteiger partial charge in [0.05, 0.1) is 18.5 Å². The Balaban J connectivity index is 1.61. The fraction of sp³-hybridized carbons (Fsp3) is 0.250. The largest absolute Gasteiger partial charge is 0.462 e. The first-order chi connectivity index (χ1) is 10.2. The molecule has 0 unspecified atom stereocenters. The summed E-state index contributed by atoms with van der Waals surface area (Å²) in [4.78, 5) is 17.2. The van der Waals surface area contributed by atoms with Crippen molar-refractivity contribution in [1.82, 2.24) is 30.5 Å². The Morgan fingerprint density at radius 3 is 3.14 bits per heavy atom. The van der Waals surface area contributed by atoms with E-state index in [1.807, 2.05) is 19.1 Å². The molecule has 21 heavy (non-hydrogen) atoms. The maximum absolute atomic E-state index is 11.8. The Morgan fingerprint density at radius 2 is 2.43 bits per heavy atom. The Morgan fingerprint density at radius 1 is 1.52 bits per heavy atom. The van der Waals surface area contributed by atoms with Crippen LogP contribution in [0.5, 0.6) is 0 Å². The number of thiazole rings is 1. The van der Waals surface area contributed by atoms with E-state index in [2.05, 4.69) is 25.8 Å². The van der Waals surface area contributed by atoms with Crippen molar-refractivity contribution in [2.24, 2.45) is 0 Å². The zero-order valence-corrected chi connectivity index (χ0v) is 12.0. The second-order valence-corrected chi connectivity index (χ2v) is 5.37. The molecule has 0 aliphatic carbocycles. The third-order valence-corrected chi connectivity index (χ3v) is 3.94. The van der Waals surface area contributed by atoms with E-state index >= 15 is 0 Å². The molecular formula is C12H12N6O2S. The van der Waals surface area contributed by atoms with Crippen LogP contribution in [0.3, 0.4) is 0 Å². The summed E-state index contributed by atoms with van der Waals surface area (Å²) >= 11 is 1.50. The number of nitrogens with one attached hydrogen (secondary N) is 1. The van der Waals surface area contributed by atoms with Crippen LogP contribution in [0, 0.1) is 6.92 Å². The zero-order chi connectivity index (χ0) is 14.7. The molecule has 1 amide bonds. The minimum Gasteiger partial charge on any atom is -0.462 e. The number of carbonyl (C=O) groups excluding carboxylic acids is 1. The lowest BCUT2D eigenvalue weighted by molar-refractivity contribution is -0.122. The van der Waals surface area contributed by atoms with Gasteiger partial charge in [-0.1, -0.05) is 0 Å². The zero-order valence-electron chi connectivity index (χ0n) is 11.2. The van der Waals surface area contributed by atoms with E-state index < -0.39 is 0 Å². The molecule has 0 spiro atoms. The van der Waals surface area contributed by atoms with E-state index in [4.69, 9.17) is 4.42 Å². The van der Waals surface area contributed by atoms with Gasteiger partial charge in [-0.25, -0.2) is 9.67 Å². The van der Waals surface area contributed by atoms with Crippen LogP contribution in [-0.4, -0.2) is 31.1 Å². The van der Waals surface area contributed by atoms with Crippen molar-refractivity contribution in [2.45, 2.75) is 20.0 Å². The molecule has 3 heterocycles. The van der Waals surface area contributed by atoms with Crippen molar-refractivity contribution in [2.75, 3.05) is 0 Å². The number of aryl methyl sites for hydroxylation is 1. The highest BCUT2D eigenvalue weighted by molar-refractivity contribution is 7.15. The molecule has 0 radical (unpaired) electrons. The molecule has 0 saturated heterocycles. The first kappa shape index (κ1) is 13.4. The van der Waals surface area contributed by atoms with E-state index in [1.165, 1.54) is 22.3 Å². The van der Waals surface area contributed by atoms with Crippen molar-refractivity contribution in [1.29, 1.82) is 0 Å². The highest BCUT2D eigenvalue weighted by atomic mass is 32.1. The van der Waals surface area contributed by atoms with Crippen molar-refractivity contribution in [3.05, 3.63) is 35.3 Å². The first-order valence-electron chi connectivity index (χ1n) is 6.20. The van der Waals surface area contributed by atoms with Gasteiger partial charge in [0, 0.05) is 4.88 Å². The first-order valence-corrected chi connectivity index (χ1v) is 7.01. The summed E-state index contributed by atoms with van der Waals surface area (Å²) in [7, 11) is 0. The lowest BCUT2D eigenvalue weighted by Gasteiger charge is -2.03. The van der Waals surface area contributed by atoms with E-state index in [0.717, 1.165) is 21.3 Å². The van der Waals surface area contributed by atoms with Gasteiger partial charge in [0.15, 0.2) is 10.8 Å². The maximum atomic E-state index is 11.8. The van der Waals surface area contributed by atoms with Gasteiger partial charge >= 0.3 is 0 Å². The van der Waals surface area contributed by atoms with Crippen LogP contribution < -0.4 is 5.32 Å². The van der Waals surface area contributed by atoms with Crippen LogP contribution in [0.4, 0.5) is 0 Å². The molecule has 0 fully saturated rings. The Kier molecular flexibility index (Phi) is 3.73. The van der Waals surface area contributed by atoms with Gasteiger partial charge in [0.25, 0.3) is 0 Å². The van der Waals surface area contributed by atoms with Gasteiger partial charge in [-0.3, -0.25) is 4.79 Å². The number of nitrogens with zero attached hydrogens (tertiary/aromatic N) is 5. The van der Waals surface area contributed by atoms with Crippen LogP contribution >= 0.6 is 11.3 Å². The van der Waals surface area contributed by atoms with Crippen molar-refractivity contribution in [3.63, 3.8) is 0 Å². The molecule has 3 rings (SSSR count). The molecule has 3 aromatic heterocycles. The van der Waals surface area contributed by atoms with Crippen LogP contribution in [0.25, 0.3) is 10.8 Å². The second kappa shape index (κ2) is 5.83. The monoisotopic (exact) mass is 304 g/mol. The summed E-state index contributed by atoms with van der Waals surface area (Å²) in [5.74, 6) is 0.573. The lowest BCUT2D eigenvalue weighted by atomic mass is 10.4. The van der Waals surface area contributed by atoms with Crippen molar-refractivity contribution in [3.8, 4) is 10.8 Å². The standard InChI is InChI=1S/C12H12N6O2S/c1-8-10(21-12(15-8)9-3-2-4-20-9)5-13-11(19)6-18-7-14-16-17-18/h2-4,7H,5-6H2,1H3,(H,13,19).